The fourth-order valence-corrected chi connectivity index (χ4v) is 4.49. The number of Topliss-reactive ketones (excluding diaryl/α,β-unsaturated/α-hetero) is 6. The van der Waals surface area contributed by atoms with E-state index in [1.807, 2.05) is 83.1 Å². The van der Waals surface area contributed by atoms with Crippen molar-refractivity contribution in [1.82, 2.24) is 0 Å². The Labute approximate surface area is 365 Å². The molecule has 0 saturated heterocycles. The normalized spacial score (nSPS) is 13.7. The summed E-state index contributed by atoms with van der Waals surface area (Å²) >= 11 is 0. The molecule has 17 nitrogen and oxygen atoms in total. The fourth-order valence-electron chi connectivity index (χ4n) is 4.49. The van der Waals surface area contributed by atoms with E-state index in [-0.39, 0.29) is 107 Å². The van der Waals surface area contributed by atoms with Crippen molar-refractivity contribution >= 4 is 34.7 Å². The van der Waals surface area contributed by atoms with E-state index in [0.717, 1.165) is 25.7 Å². The number of hydrogen-bond acceptors (Lipinski definition) is 17. The highest BCUT2D eigenvalue weighted by molar-refractivity contribution is 5.87. The Hall–Kier alpha value is -2.42. The van der Waals surface area contributed by atoms with Gasteiger partial charge in [-0.2, -0.15) is 0 Å². The minimum atomic E-state index is -0.468. The number of ketones is 6. The molecule has 0 aliphatic carbocycles. The highest BCUT2D eigenvalue weighted by Gasteiger charge is 2.18. The molecule has 0 spiro atoms. The molecule has 0 aromatic rings. The molecule has 0 radical (unpaired) electrons. The maximum Gasteiger partial charge on any atom is 0.153 e. The molecule has 17 heteroatoms. The molecule has 22 N–H and O–H groups in total. The summed E-state index contributed by atoms with van der Waals surface area (Å²) in [7, 11) is 0. The van der Waals surface area contributed by atoms with Crippen molar-refractivity contribution in [3.63, 3.8) is 0 Å². The van der Waals surface area contributed by atoms with E-state index in [4.69, 9.17) is 63.1 Å². The van der Waals surface area contributed by atoms with Gasteiger partial charge in [-0.25, -0.2) is 0 Å². The molecule has 0 aliphatic rings. The number of nitrogens with two attached hydrogens (primary N) is 11. The van der Waals surface area contributed by atoms with Crippen molar-refractivity contribution in [3.05, 3.63) is 0 Å². The van der Waals surface area contributed by atoms with Crippen molar-refractivity contribution in [2.75, 3.05) is 32.7 Å². The van der Waals surface area contributed by atoms with E-state index in [0.29, 0.717) is 38.9 Å². The van der Waals surface area contributed by atoms with Crippen LogP contribution in [0.15, 0.2) is 0 Å². The molecule has 0 heterocycles. The zero-order chi connectivity index (χ0) is 48.9. The van der Waals surface area contributed by atoms with Crippen molar-refractivity contribution in [2.45, 2.75) is 171 Å². The number of carbonyl (C=O) groups is 6. The van der Waals surface area contributed by atoms with E-state index in [2.05, 4.69) is 6.92 Å². The van der Waals surface area contributed by atoms with E-state index in [9.17, 15) is 28.8 Å². The van der Waals surface area contributed by atoms with Gasteiger partial charge in [0.1, 0.15) is 0 Å². The Balaban J connectivity index is -0.000000146. The van der Waals surface area contributed by atoms with Gasteiger partial charge >= 0.3 is 0 Å². The topological polar surface area (TPSA) is 389 Å². The van der Waals surface area contributed by atoms with E-state index in [1.54, 1.807) is 0 Å². The minimum Gasteiger partial charge on any atom is -0.330 e. The van der Waals surface area contributed by atoms with Crippen LogP contribution in [0, 0.1) is 35.5 Å². The molecule has 0 saturated carbocycles. The first-order valence-electron chi connectivity index (χ1n) is 21.8. The molecule has 0 aromatic heterocycles. The molecular weight excluding hydrogens is 767 g/mol. The van der Waals surface area contributed by atoms with Crippen LogP contribution in [0.4, 0.5) is 0 Å². The van der Waals surface area contributed by atoms with Crippen LogP contribution in [0.1, 0.15) is 135 Å². The number of unbranched alkanes of at least 4 members (excludes halogenated alkanes) is 1. The first-order valence-corrected chi connectivity index (χ1v) is 21.8. The second kappa shape index (κ2) is 43.2. The molecule has 0 unspecified atom stereocenters. The Morgan fingerprint density at radius 1 is 0.317 bits per heavy atom. The Kier molecular flexibility index (Phi) is 49.9. The van der Waals surface area contributed by atoms with Crippen LogP contribution in [0.5, 0.6) is 0 Å². The summed E-state index contributed by atoms with van der Waals surface area (Å²) in [4.78, 5) is 66.2. The molecule has 0 bridgehead atoms. The fraction of sp³-hybridized carbons (Fsp3) is 0.860. The van der Waals surface area contributed by atoms with Crippen LogP contribution in [-0.4, -0.2) is 104 Å². The Morgan fingerprint density at radius 2 is 0.517 bits per heavy atom. The largest absolute Gasteiger partial charge is 0.330 e. The van der Waals surface area contributed by atoms with Gasteiger partial charge in [0, 0.05) is 48.6 Å². The van der Waals surface area contributed by atoms with Crippen LogP contribution >= 0.6 is 0 Å². The Morgan fingerprint density at radius 3 is 0.667 bits per heavy atom. The first kappa shape index (κ1) is 69.3. The van der Waals surface area contributed by atoms with Gasteiger partial charge in [0.05, 0.1) is 36.3 Å². The molecule has 360 valence electrons. The zero-order valence-electron chi connectivity index (χ0n) is 40.2. The van der Waals surface area contributed by atoms with Crippen LogP contribution in [0.25, 0.3) is 0 Å². The smallest absolute Gasteiger partial charge is 0.153 e. The van der Waals surface area contributed by atoms with Gasteiger partial charge in [0.15, 0.2) is 34.7 Å². The summed E-state index contributed by atoms with van der Waals surface area (Å²) in [6.07, 6.45) is 5.74. The van der Waals surface area contributed by atoms with Crippen LogP contribution in [0.3, 0.4) is 0 Å². The third kappa shape index (κ3) is 41.0. The zero-order valence-corrected chi connectivity index (χ0v) is 40.2. The number of hydrogen-bond donors (Lipinski definition) is 11. The number of rotatable bonds is 24. The molecule has 0 fully saturated rings. The van der Waals surface area contributed by atoms with Crippen LogP contribution in [0.2, 0.25) is 0 Å². The van der Waals surface area contributed by atoms with E-state index < -0.39 is 12.1 Å². The third-order valence-corrected chi connectivity index (χ3v) is 8.66. The van der Waals surface area contributed by atoms with Crippen molar-refractivity contribution in [3.8, 4) is 0 Å². The predicted octanol–water partition coefficient (Wildman–Crippen LogP) is 0.777. The first-order chi connectivity index (χ1) is 27.5. The SMILES string of the molecule is CC(C)C(=O)[C@@H](N)CCCN.CC(C)C(=O)[C@@H](N)CCN.CC(C)C(=O)[C@@H](N)CN.CC(C)C(=O)[C@H](N)CCN.CC(C)C(=O)[C@H](N)CN.CCCC[C@@H](N)C(=O)C(C)C. The Bertz CT molecular complexity index is 1020. The van der Waals surface area contributed by atoms with Gasteiger partial charge in [-0.05, 0) is 51.7 Å². The van der Waals surface area contributed by atoms with Gasteiger partial charge in [-0.1, -0.05) is 103 Å². The lowest BCUT2D eigenvalue weighted by Crippen LogP contribution is -2.40. The second-order valence-corrected chi connectivity index (χ2v) is 16.7. The van der Waals surface area contributed by atoms with Gasteiger partial charge in [-0.15, -0.1) is 0 Å². The van der Waals surface area contributed by atoms with Crippen LogP contribution in [-0.2, 0) is 28.8 Å². The second-order valence-electron chi connectivity index (χ2n) is 16.7. The summed E-state index contributed by atoms with van der Waals surface area (Å²) in [6.45, 7) is 26.4. The van der Waals surface area contributed by atoms with Gasteiger partial charge in [0.2, 0.25) is 0 Å². The predicted molar refractivity (Wildman–Crippen MR) is 250 cm³/mol. The van der Waals surface area contributed by atoms with Crippen molar-refractivity contribution in [1.29, 1.82) is 0 Å². The molecule has 0 rings (SSSR count). The standard InChI is InChI=1S/C9H19NO.C8H18N2O.2C7H16N2O.2C6H14N2O/c1-4-5-6-8(10)9(11)7(2)3;1-6(2)8(11)7(10)4-3-5-9;2*1-5(2)7(10)6(9)3-4-8;2*1-4(2)6(9)5(8)3-7/h7-8H,4-6,10H2,1-3H3;6-7H,3-5,9-10H2,1-2H3;2*5-6H,3-4,8-9H2,1-2H3;2*4-5H,3,7-8H2,1-2H3/t8-;7-;2*6-;2*5-/m101010/s1. The minimum absolute atomic E-state index is 0.00329. The summed E-state index contributed by atoms with van der Waals surface area (Å²) < 4.78 is 0. The summed E-state index contributed by atoms with van der Waals surface area (Å²) in [5, 5.41) is 0. The lowest BCUT2D eigenvalue weighted by atomic mass is 9.98. The maximum atomic E-state index is 11.2. The average molecular weight is 864 g/mol. The summed E-state index contributed by atoms with van der Waals surface area (Å²) in [5.41, 5.74) is 59.0. The molecule has 60 heavy (non-hydrogen) atoms. The molecule has 0 aromatic carbocycles. The van der Waals surface area contributed by atoms with E-state index >= 15 is 0 Å². The molecule has 6 atom stereocenters. The van der Waals surface area contributed by atoms with Crippen molar-refractivity contribution in [2.24, 2.45) is 98.6 Å². The average Bonchev–Trinajstić information content (AvgIpc) is 3.20. The van der Waals surface area contributed by atoms with Crippen molar-refractivity contribution < 1.29 is 28.8 Å². The summed E-state index contributed by atoms with van der Waals surface area (Å²) in [5.74, 6) is 0.808. The van der Waals surface area contributed by atoms with Crippen LogP contribution < -0.4 is 63.1 Å². The lowest BCUT2D eigenvalue weighted by Gasteiger charge is -2.11. The molecular formula is C43H97N11O6. The highest BCUT2D eigenvalue weighted by Crippen LogP contribution is 2.05. The maximum absolute atomic E-state index is 11.2. The molecule has 0 amide bonds. The summed E-state index contributed by atoms with van der Waals surface area (Å²) in [6, 6.07) is -2.18. The highest BCUT2D eigenvalue weighted by atomic mass is 16.1. The third-order valence-electron chi connectivity index (χ3n) is 8.66. The molecule has 0 aliphatic heterocycles. The number of carbonyl (C=O) groups excluding carboxylic acids is 6. The van der Waals surface area contributed by atoms with Gasteiger partial charge in [-0.3, -0.25) is 28.8 Å². The lowest BCUT2D eigenvalue weighted by molar-refractivity contribution is -0.124. The van der Waals surface area contributed by atoms with Gasteiger partial charge in [0.25, 0.3) is 0 Å². The monoisotopic (exact) mass is 864 g/mol. The quantitative estimate of drug-likeness (QED) is 0.0638. The van der Waals surface area contributed by atoms with Gasteiger partial charge < -0.3 is 63.1 Å². The van der Waals surface area contributed by atoms with E-state index in [1.165, 1.54) is 0 Å².